The van der Waals surface area contributed by atoms with Crippen molar-refractivity contribution < 1.29 is 4.79 Å². The van der Waals surface area contributed by atoms with Crippen LogP contribution in [0.1, 0.15) is 24.5 Å². The number of hydrogen-bond donors (Lipinski definition) is 0. The molecule has 0 bridgehead atoms. The fraction of sp³-hybridized carbons (Fsp3) is 0.364. The van der Waals surface area contributed by atoms with Crippen molar-refractivity contribution in [2.45, 2.75) is 26.7 Å². The Balaban J connectivity index is 2.68. The second kappa shape index (κ2) is 4.56. The van der Waals surface area contributed by atoms with Crippen molar-refractivity contribution in [1.29, 1.82) is 0 Å². The molecule has 0 saturated carbocycles. The summed E-state index contributed by atoms with van der Waals surface area (Å²) < 4.78 is 1.12. The molecule has 0 aliphatic rings. The second-order valence-corrected chi connectivity index (χ2v) is 4.14. The van der Waals surface area contributed by atoms with Gasteiger partial charge in [-0.3, -0.25) is 0 Å². The van der Waals surface area contributed by atoms with Gasteiger partial charge in [-0.1, -0.05) is 28.1 Å². The Morgan fingerprint density at radius 2 is 2.15 bits per heavy atom. The van der Waals surface area contributed by atoms with Gasteiger partial charge >= 0.3 is 0 Å². The van der Waals surface area contributed by atoms with Crippen molar-refractivity contribution in [2.24, 2.45) is 0 Å². The summed E-state index contributed by atoms with van der Waals surface area (Å²) in [7, 11) is 0. The topological polar surface area (TPSA) is 17.1 Å². The number of Topliss-reactive ketones (excluding diaryl/α,β-unsaturated/α-hetero) is 1. The lowest BCUT2D eigenvalue weighted by molar-refractivity contribution is -0.116. The van der Waals surface area contributed by atoms with Crippen molar-refractivity contribution in [3.05, 3.63) is 33.8 Å². The molecule has 0 saturated heterocycles. The van der Waals surface area contributed by atoms with Crippen molar-refractivity contribution >= 4 is 21.7 Å². The van der Waals surface area contributed by atoms with Crippen LogP contribution in [0.4, 0.5) is 0 Å². The number of carbonyl (C=O) groups excluding carboxylic acids is 1. The molecule has 0 spiro atoms. The van der Waals surface area contributed by atoms with Gasteiger partial charge in [0.2, 0.25) is 0 Å². The van der Waals surface area contributed by atoms with E-state index >= 15 is 0 Å². The molecular weight excluding hydrogens is 228 g/mol. The standard InChI is InChI=1S/C11H13BrO/c1-8-7-10(4-3-9(2)13)5-6-11(8)12/h5-7H,3-4H2,1-2H3. The van der Waals surface area contributed by atoms with Gasteiger partial charge in [0.05, 0.1) is 0 Å². The van der Waals surface area contributed by atoms with E-state index in [9.17, 15) is 4.79 Å². The van der Waals surface area contributed by atoms with Gasteiger partial charge in [-0.25, -0.2) is 0 Å². The maximum absolute atomic E-state index is 10.8. The quantitative estimate of drug-likeness (QED) is 0.793. The number of ketones is 1. The first-order chi connectivity index (χ1) is 6.09. The summed E-state index contributed by atoms with van der Waals surface area (Å²) in [5.41, 5.74) is 2.46. The van der Waals surface area contributed by atoms with Gasteiger partial charge in [-0.2, -0.15) is 0 Å². The number of hydrogen-bond acceptors (Lipinski definition) is 1. The summed E-state index contributed by atoms with van der Waals surface area (Å²) in [6, 6.07) is 6.21. The highest BCUT2D eigenvalue weighted by Crippen LogP contribution is 2.17. The third kappa shape index (κ3) is 3.31. The smallest absolute Gasteiger partial charge is 0.130 e. The zero-order valence-corrected chi connectivity index (χ0v) is 9.52. The molecule has 0 atom stereocenters. The lowest BCUT2D eigenvalue weighted by Crippen LogP contribution is -1.94. The predicted molar refractivity (Wildman–Crippen MR) is 57.9 cm³/mol. The molecule has 0 radical (unpaired) electrons. The highest BCUT2D eigenvalue weighted by atomic mass is 79.9. The highest BCUT2D eigenvalue weighted by molar-refractivity contribution is 9.10. The van der Waals surface area contributed by atoms with Crippen LogP contribution in [0.2, 0.25) is 0 Å². The van der Waals surface area contributed by atoms with Crippen LogP contribution in [-0.4, -0.2) is 5.78 Å². The fourth-order valence-corrected chi connectivity index (χ4v) is 1.43. The van der Waals surface area contributed by atoms with E-state index in [1.807, 2.05) is 6.07 Å². The average Bonchev–Trinajstić information content (AvgIpc) is 2.07. The molecule has 1 aromatic carbocycles. The molecule has 0 aromatic heterocycles. The summed E-state index contributed by atoms with van der Waals surface area (Å²) >= 11 is 3.44. The molecule has 2 heteroatoms. The number of carbonyl (C=O) groups is 1. The number of aryl methyl sites for hydroxylation is 2. The van der Waals surface area contributed by atoms with Gasteiger partial charge in [0.25, 0.3) is 0 Å². The Labute approximate surface area is 87.3 Å². The van der Waals surface area contributed by atoms with Gasteiger partial charge in [0.1, 0.15) is 5.78 Å². The average molecular weight is 241 g/mol. The molecule has 0 unspecified atom stereocenters. The van der Waals surface area contributed by atoms with Crippen molar-refractivity contribution in [2.75, 3.05) is 0 Å². The van der Waals surface area contributed by atoms with Crippen molar-refractivity contribution in [3.8, 4) is 0 Å². The van der Waals surface area contributed by atoms with Crippen molar-refractivity contribution in [3.63, 3.8) is 0 Å². The molecule has 1 nitrogen and oxygen atoms in total. The molecule has 13 heavy (non-hydrogen) atoms. The second-order valence-electron chi connectivity index (χ2n) is 3.29. The minimum Gasteiger partial charge on any atom is -0.300 e. The van der Waals surface area contributed by atoms with Crippen LogP contribution < -0.4 is 0 Å². The first kappa shape index (κ1) is 10.5. The molecule has 0 aliphatic carbocycles. The molecule has 0 aliphatic heterocycles. The summed E-state index contributed by atoms with van der Waals surface area (Å²) in [5, 5.41) is 0. The Bertz CT molecular complexity index is 318. The van der Waals surface area contributed by atoms with E-state index < -0.39 is 0 Å². The SMILES string of the molecule is CC(=O)CCc1ccc(Br)c(C)c1. The Hall–Kier alpha value is -0.630. The number of rotatable bonds is 3. The monoisotopic (exact) mass is 240 g/mol. The fourth-order valence-electron chi connectivity index (χ4n) is 1.18. The van der Waals surface area contributed by atoms with Crippen LogP contribution in [0, 0.1) is 6.92 Å². The van der Waals surface area contributed by atoms with Crippen LogP contribution in [0.3, 0.4) is 0 Å². The van der Waals surface area contributed by atoms with Gasteiger partial charge in [-0.15, -0.1) is 0 Å². The van der Waals surface area contributed by atoms with E-state index in [2.05, 4.69) is 35.0 Å². The summed E-state index contributed by atoms with van der Waals surface area (Å²) in [5.74, 6) is 0.251. The molecule has 1 rings (SSSR count). The normalized spacial score (nSPS) is 10.1. The van der Waals surface area contributed by atoms with E-state index in [1.54, 1.807) is 6.92 Å². The van der Waals surface area contributed by atoms with Gasteiger partial charge < -0.3 is 4.79 Å². The maximum atomic E-state index is 10.8. The third-order valence-corrected chi connectivity index (χ3v) is 2.88. The zero-order valence-electron chi connectivity index (χ0n) is 7.93. The maximum Gasteiger partial charge on any atom is 0.130 e. The summed E-state index contributed by atoms with van der Waals surface area (Å²) in [6.07, 6.45) is 1.49. The first-order valence-electron chi connectivity index (χ1n) is 4.34. The Morgan fingerprint density at radius 3 is 2.69 bits per heavy atom. The van der Waals surface area contributed by atoms with Gasteiger partial charge in [-0.05, 0) is 37.5 Å². The van der Waals surface area contributed by atoms with E-state index in [1.165, 1.54) is 11.1 Å². The Kier molecular flexibility index (Phi) is 3.67. The molecule has 0 amide bonds. The van der Waals surface area contributed by atoms with Crippen LogP contribution in [0.25, 0.3) is 0 Å². The van der Waals surface area contributed by atoms with Crippen LogP contribution in [-0.2, 0) is 11.2 Å². The van der Waals surface area contributed by atoms with E-state index in [0.717, 1.165) is 10.9 Å². The number of halogens is 1. The highest BCUT2D eigenvalue weighted by Gasteiger charge is 1.99. The first-order valence-corrected chi connectivity index (χ1v) is 5.13. The van der Waals surface area contributed by atoms with Crippen LogP contribution in [0.5, 0.6) is 0 Å². The van der Waals surface area contributed by atoms with E-state index in [-0.39, 0.29) is 5.78 Å². The zero-order chi connectivity index (χ0) is 9.84. The molecule has 70 valence electrons. The van der Waals surface area contributed by atoms with E-state index in [4.69, 9.17) is 0 Å². The molecule has 1 aromatic rings. The minimum absolute atomic E-state index is 0.251. The molecule has 0 fully saturated rings. The lowest BCUT2D eigenvalue weighted by Gasteiger charge is -2.02. The summed E-state index contributed by atoms with van der Waals surface area (Å²) in [6.45, 7) is 3.69. The molecule has 0 N–H and O–H groups in total. The minimum atomic E-state index is 0.251. The number of benzene rings is 1. The third-order valence-electron chi connectivity index (χ3n) is 1.99. The lowest BCUT2D eigenvalue weighted by atomic mass is 10.1. The van der Waals surface area contributed by atoms with Gasteiger partial charge in [0.15, 0.2) is 0 Å². The predicted octanol–water partition coefficient (Wildman–Crippen LogP) is 3.28. The molecule has 0 heterocycles. The van der Waals surface area contributed by atoms with Gasteiger partial charge in [0, 0.05) is 10.9 Å². The van der Waals surface area contributed by atoms with Crippen molar-refractivity contribution in [1.82, 2.24) is 0 Å². The largest absolute Gasteiger partial charge is 0.300 e. The molecular formula is C11H13BrO. The van der Waals surface area contributed by atoms with Crippen LogP contribution in [0.15, 0.2) is 22.7 Å². The van der Waals surface area contributed by atoms with E-state index in [0.29, 0.717) is 6.42 Å². The summed E-state index contributed by atoms with van der Waals surface area (Å²) in [4.78, 5) is 10.8. The van der Waals surface area contributed by atoms with Crippen LogP contribution >= 0.6 is 15.9 Å². The Morgan fingerprint density at radius 1 is 1.46 bits per heavy atom.